The van der Waals surface area contributed by atoms with Gasteiger partial charge in [-0.2, -0.15) is 0 Å². The number of pyridine rings is 1. The molecule has 0 amide bonds. The Morgan fingerprint density at radius 3 is 1.74 bits per heavy atom. The Bertz CT molecular complexity index is 2700. The van der Waals surface area contributed by atoms with Crippen LogP contribution in [0.4, 0.5) is 0 Å². The van der Waals surface area contributed by atoms with Crippen LogP contribution < -0.4 is 0 Å². The Labute approximate surface area is 315 Å². The Morgan fingerprint density at radius 2 is 1.07 bits per heavy atom. The fraction of sp³-hybridized carbons (Fsp3) is 0.0784. The normalized spacial score (nSPS) is 15.1. The van der Waals surface area contributed by atoms with E-state index in [-0.39, 0.29) is 0 Å². The van der Waals surface area contributed by atoms with Gasteiger partial charge in [0, 0.05) is 23.5 Å². The molecule has 0 saturated carbocycles. The van der Waals surface area contributed by atoms with Gasteiger partial charge in [0.15, 0.2) is 5.82 Å². The van der Waals surface area contributed by atoms with Crippen molar-refractivity contribution in [3.8, 4) is 56.0 Å². The second-order valence-corrected chi connectivity index (χ2v) is 14.3. The lowest BCUT2D eigenvalue weighted by atomic mass is 9.81. The van der Waals surface area contributed by atoms with E-state index in [4.69, 9.17) is 9.97 Å². The third-order valence-electron chi connectivity index (χ3n) is 11.0. The molecule has 0 N–H and O–H groups in total. The number of aromatic nitrogens is 3. The van der Waals surface area contributed by atoms with Gasteiger partial charge in [-0.1, -0.05) is 152 Å². The third kappa shape index (κ3) is 5.84. The van der Waals surface area contributed by atoms with Gasteiger partial charge >= 0.3 is 0 Å². The van der Waals surface area contributed by atoms with Crippen LogP contribution in [0.3, 0.4) is 0 Å². The number of hydrogen-bond acceptors (Lipinski definition) is 3. The summed E-state index contributed by atoms with van der Waals surface area (Å²) in [6.45, 7) is 0. The quantitative estimate of drug-likeness (QED) is 0.163. The van der Waals surface area contributed by atoms with Crippen molar-refractivity contribution in [1.29, 1.82) is 0 Å². The maximum atomic E-state index is 5.25. The molecule has 10 rings (SSSR count). The van der Waals surface area contributed by atoms with Crippen molar-refractivity contribution < 1.29 is 0 Å². The molecule has 2 heterocycles. The molecule has 2 aliphatic rings. The molecule has 1 atom stereocenters. The van der Waals surface area contributed by atoms with E-state index in [0.29, 0.717) is 5.92 Å². The van der Waals surface area contributed by atoms with E-state index in [2.05, 4.69) is 169 Å². The molecule has 2 aromatic heterocycles. The summed E-state index contributed by atoms with van der Waals surface area (Å²) < 4.78 is 0. The van der Waals surface area contributed by atoms with Crippen LogP contribution in [0.5, 0.6) is 0 Å². The van der Waals surface area contributed by atoms with Gasteiger partial charge in [-0.3, -0.25) is 4.98 Å². The summed E-state index contributed by atoms with van der Waals surface area (Å²) in [6, 6.07) is 52.1. The first-order chi connectivity index (χ1) is 26.8. The van der Waals surface area contributed by atoms with Crippen LogP contribution in [-0.4, -0.2) is 15.0 Å². The zero-order chi connectivity index (χ0) is 35.8. The summed E-state index contributed by atoms with van der Waals surface area (Å²) in [5.74, 6) is 1.32. The topological polar surface area (TPSA) is 38.7 Å². The van der Waals surface area contributed by atoms with E-state index < -0.39 is 0 Å². The first-order valence-electron chi connectivity index (χ1n) is 18.9. The maximum absolute atomic E-state index is 5.25. The van der Waals surface area contributed by atoms with Gasteiger partial charge < -0.3 is 0 Å². The van der Waals surface area contributed by atoms with E-state index in [1.54, 1.807) is 6.20 Å². The molecule has 2 aliphatic carbocycles. The van der Waals surface area contributed by atoms with Crippen LogP contribution >= 0.6 is 0 Å². The minimum absolute atomic E-state index is 0.598. The Kier molecular flexibility index (Phi) is 8.11. The van der Waals surface area contributed by atoms with Gasteiger partial charge in [-0.15, -0.1) is 0 Å². The van der Waals surface area contributed by atoms with E-state index in [9.17, 15) is 0 Å². The van der Waals surface area contributed by atoms with Crippen LogP contribution in [0.1, 0.15) is 25.0 Å². The largest absolute Gasteiger partial charge is 0.264 e. The molecule has 256 valence electrons. The number of fused-ring (bicyclic) bond motifs is 3. The fourth-order valence-corrected chi connectivity index (χ4v) is 8.31. The van der Waals surface area contributed by atoms with E-state index in [1.165, 1.54) is 55.8 Å². The summed E-state index contributed by atoms with van der Waals surface area (Å²) in [5.41, 5.74) is 13.6. The monoisotopic (exact) mass is 691 g/mol. The maximum Gasteiger partial charge on any atom is 0.160 e. The summed E-state index contributed by atoms with van der Waals surface area (Å²) in [5, 5.41) is 4.99. The number of hydrogen-bond donors (Lipinski definition) is 0. The van der Waals surface area contributed by atoms with Crippen LogP contribution in [0.15, 0.2) is 188 Å². The van der Waals surface area contributed by atoms with E-state index in [0.717, 1.165) is 57.9 Å². The number of nitrogens with zero attached hydrogens (tertiary/aromatic N) is 3. The van der Waals surface area contributed by atoms with Crippen LogP contribution in [0.25, 0.3) is 83.1 Å². The highest BCUT2D eigenvalue weighted by Gasteiger charge is 2.21. The fourth-order valence-electron chi connectivity index (χ4n) is 8.31. The second kappa shape index (κ2) is 13.7. The van der Waals surface area contributed by atoms with E-state index in [1.807, 2.05) is 12.3 Å². The zero-order valence-corrected chi connectivity index (χ0v) is 29.9. The average molecular weight is 692 g/mol. The highest BCUT2D eigenvalue weighted by molar-refractivity contribution is 6.21. The lowest BCUT2D eigenvalue weighted by Gasteiger charge is -2.24. The zero-order valence-electron chi connectivity index (χ0n) is 29.9. The minimum Gasteiger partial charge on any atom is -0.264 e. The molecule has 0 saturated heterocycles. The van der Waals surface area contributed by atoms with Crippen LogP contribution in [-0.2, 0) is 0 Å². The summed E-state index contributed by atoms with van der Waals surface area (Å²) >= 11 is 0. The molecule has 3 nitrogen and oxygen atoms in total. The average Bonchev–Trinajstić information content (AvgIpc) is 3.26. The van der Waals surface area contributed by atoms with Gasteiger partial charge in [-0.05, 0) is 109 Å². The molecule has 1 unspecified atom stereocenters. The molecule has 3 heteroatoms. The van der Waals surface area contributed by atoms with Crippen molar-refractivity contribution in [2.24, 2.45) is 5.92 Å². The highest BCUT2D eigenvalue weighted by Crippen LogP contribution is 2.44. The number of allylic oxidation sites excluding steroid dienone is 6. The molecule has 0 spiro atoms. The lowest BCUT2D eigenvalue weighted by molar-refractivity contribution is 0.567. The van der Waals surface area contributed by atoms with Crippen molar-refractivity contribution >= 4 is 27.1 Å². The minimum atomic E-state index is 0.598. The molecule has 0 fully saturated rings. The predicted octanol–water partition coefficient (Wildman–Crippen LogP) is 13.2. The molecule has 8 aromatic rings. The van der Waals surface area contributed by atoms with E-state index >= 15 is 0 Å². The van der Waals surface area contributed by atoms with Gasteiger partial charge in [0.25, 0.3) is 0 Å². The van der Waals surface area contributed by atoms with Crippen LogP contribution in [0, 0.1) is 5.92 Å². The van der Waals surface area contributed by atoms with Gasteiger partial charge in [0.05, 0.1) is 11.4 Å². The number of rotatable bonds is 6. The summed E-state index contributed by atoms with van der Waals surface area (Å²) in [4.78, 5) is 14.8. The molecule has 0 bridgehead atoms. The molecule has 0 aliphatic heterocycles. The van der Waals surface area contributed by atoms with Gasteiger partial charge in [0.2, 0.25) is 0 Å². The first kappa shape index (κ1) is 32.0. The van der Waals surface area contributed by atoms with Crippen molar-refractivity contribution in [3.05, 3.63) is 194 Å². The first-order valence-corrected chi connectivity index (χ1v) is 18.9. The third-order valence-corrected chi connectivity index (χ3v) is 11.0. The van der Waals surface area contributed by atoms with Gasteiger partial charge in [-0.25, -0.2) is 9.97 Å². The molecule has 6 aromatic carbocycles. The number of benzene rings is 6. The van der Waals surface area contributed by atoms with Crippen molar-refractivity contribution in [2.75, 3.05) is 0 Å². The van der Waals surface area contributed by atoms with Crippen molar-refractivity contribution in [1.82, 2.24) is 15.0 Å². The van der Waals surface area contributed by atoms with Crippen LogP contribution in [0.2, 0.25) is 0 Å². The van der Waals surface area contributed by atoms with Crippen molar-refractivity contribution in [3.63, 3.8) is 0 Å². The Hall–Kier alpha value is -6.71. The molecule has 54 heavy (non-hydrogen) atoms. The predicted molar refractivity (Wildman–Crippen MR) is 225 cm³/mol. The van der Waals surface area contributed by atoms with Gasteiger partial charge in [0.1, 0.15) is 0 Å². The summed E-state index contributed by atoms with van der Waals surface area (Å²) in [6.07, 6.45) is 16.4. The second-order valence-electron chi connectivity index (χ2n) is 14.3. The molecule has 0 radical (unpaired) electrons. The summed E-state index contributed by atoms with van der Waals surface area (Å²) in [7, 11) is 0. The van der Waals surface area contributed by atoms with Crippen molar-refractivity contribution in [2.45, 2.75) is 19.3 Å². The smallest absolute Gasteiger partial charge is 0.160 e. The highest BCUT2D eigenvalue weighted by atomic mass is 14.9. The standard InChI is InChI=1S/C51H37N3/c1-2-12-37(13-3-1)49-43-16-6-8-18-45(43)50(46-19-9-7-17-44(46)49)38-25-27-39(28-26-38)51-53-47(36-23-20-35(21-24-36)42-15-10-30-52-33-42)32-48(54-51)41-29-22-34-11-4-5-14-40(34)31-41/h1-3,5-10,12-21,23-34H,4,11,22H2. The SMILES string of the molecule is C1=CC2=CC(c3cc(-c4ccc(-c5cccnc5)cc4)nc(-c4ccc(-c5c6ccccc6c(-c6ccccc6)c6ccccc56)cc4)n3)=CCC2CC1. The Morgan fingerprint density at radius 1 is 0.500 bits per heavy atom. The molecular formula is C51H37N3. The molecular weight excluding hydrogens is 655 g/mol. The Balaban J connectivity index is 1.09. The lowest BCUT2D eigenvalue weighted by Crippen LogP contribution is -2.09.